The van der Waals surface area contributed by atoms with Crippen LogP contribution in [0, 0.1) is 21.4 Å². The fourth-order valence-electron chi connectivity index (χ4n) is 0.222. The molecule has 0 aliphatic heterocycles. The van der Waals surface area contributed by atoms with Crippen molar-refractivity contribution in [3.05, 3.63) is 21.2 Å². The Bertz CT molecular complexity index is 181. The van der Waals surface area contributed by atoms with Crippen LogP contribution in [0.4, 0.5) is 0 Å². The highest BCUT2D eigenvalue weighted by Gasteiger charge is 2.05. The molecule has 0 atom stereocenters. The van der Waals surface area contributed by atoms with Crippen molar-refractivity contribution in [2.75, 3.05) is 6.26 Å². The molecule has 9 heavy (non-hydrogen) atoms. The second-order valence-corrected chi connectivity index (χ2v) is 1.81. The Kier molecular flexibility index (Phi) is 3.48. The molecule has 0 amide bonds. The quantitative estimate of drug-likeness (QED) is 0.329. The van der Waals surface area contributed by atoms with Crippen molar-refractivity contribution in [1.82, 2.24) is 0 Å². The molecule has 0 saturated carbocycles. The van der Waals surface area contributed by atoms with Crippen molar-refractivity contribution in [3.8, 4) is 6.07 Å². The van der Waals surface area contributed by atoms with Gasteiger partial charge >= 0.3 is 5.70 Å². The third-order valence-corrected chi connectivity index (χ3v) is 1.000. The Hall–Kier alpha value is -1.02. The van der Waals surface area contributed by atoms with Crippen LogP contribution in [-0.4, -0.2) is 11.2 Å². The fourth-order valence-corrected chi connectivity index (χ4v) is 0.584. The van der Waals surface area contributed by atoms with Crippen LogP contribution in [0.25, 0.3) is 0 Å². The van der Waals surface area contributed by atoms with Crippen molar-refractivity contribution in [2.24, 2.45) is 0 Å². The van der Waals surface area contributed by atoms with Gasteiger partial charge < -0.3 is 0 Å². The fraction of sp³-hybridized carbons (Fsp3) is 0.250. The number of allylic oxidation sites excluding steroid dienone is 1. The topological polar surface area (TPSA) is 66.9 Å². The van der Waals surface area contributed by atoms with E-state index in [4.69, 9.17) is 5.26 Å². The molecule has 0 N–H and O–H groups in total. The van der Waals surface area contributed by atoms with E-state index < -0.39 is 10.6 Å². The Labute approximate surface area is 56.3 Å². The Morgan fingerprint density at radius 3 is 2.67 bits per heavy atom. The van der Waals surface area contributed by atoms with Gasteiger partial charge in [-0.3, -0.25) is 10.1 Å². The molecule has 48 valence electrons. The summed E-state index contributed by atoms with van der Waals surface area (Å²) in [5.74, 6) is 0. The molecule has 0 saturated heterocycles. The van der Waals surface area contributed by atoms with Gasteiger partial charge in [0.15, 0.2) is 6.07 Å². The standard InChI is InChI=1S/C4H4N2O2S/c1-9-3-4(2-5)6(7)8/h3H,1H3/b4-3+. The highest BCUT2D eigenvalue weighted by atomic mass is 32.2. The Morgan fingerprint density at radius 2 is 2.56 bits per heavy atom. The highest BCUT2D eigenvalue weighted by Crippen LogP contribution is 2.01. The third kappa shape index (κ3) is 2.72. The number of nitro groups is 1. The maximum absolute atomic E-state index is 9.82. The molecule has 0 bridgehead atoms. The largest absolute Gasteiger partial charge is 0.351 e. The molecule has 0 rings (SSSR count). The van der Waals surface area contributed by atoms with Gasteiger partial charge in [0.1, 0.15) is 0 Å². The summed E-state index contributed by atoms with van der Waals surface area (Å²) in [7, 11) is 0. The first-order valence-corrected chi connectivity index (χ1v) is 3.28. The molecule has 0 heterocycles. The van der Waals surface area contributed by atoms with Crippen LogP contribution >= 0.6 is 11.8 Å². The molecule has 0 aromatic heterocycles. The molecule has 0 spiro atoms. The van der Waals surface area contributed by atoms with E-state index in [2.05, 4.69) is 0 Å². The number of hydrogen-bond donors (Lipinski definition) is 0. The normalized spacial score (nSPS) is 10.4. The minimum Gasteiger partial charge on any atom is -0.258 e. The molecule has 0 unspecified atom stereocenters. The minimum atomic E-state index is -0.712. The van der Waals surface area contributed by atoms with E-state index in [0.717, 1.165) is 11.8 Å². The molecule has 4 nitrogen and oxygen atoms in total. The summed E-state index contributed by atoms with van der Waals surface area (Å²) in [4.78, 5) is 9.11. The van der Waals surface area contributed by atoms with Crippen LogP contribution in [0.1, 0.15) is 0 Å². The predicted octanol–water partition coefficient (Wildman–Crippen LogP) is 0.991. The average molecular weight is 144 g/mol. The van der Waals surface area contributed by atoms with Gasteiger partial charge in [0, 0.05) is 0 Å². The summed E-state index contributed by atoms with van der Waals surface area (Å²) in [6.45, 7) is 0. The predicted molar refractivity (Wildman–Crippen MR) is 34.2 cm³/mol. The summed E-state index contributed by atoms with van der Waals surface area (Å²) in [5.41, 5.74) is -0.414. The van der Waals surface area contributed by atoms with Gasteiger partial charge in [0.05, 0.1) is 10.3 Å². The van der Waals surface area contributed by atoms with Crippen molar-refractivity contribution in [2.45, 2.75) is 0 Å². The molecule has 0 aromatic carbocycles. The van der Waals surface area contributed by atoms with Gasteiger partial charge in [0.2, 0.25) is 0 Å². The number of rotatable bonds is 2. The Balaban J connectivity index is 4.20. The zero-order valence-corrected chi connectivity index (χ0v) is 5.51. The molecule has 0 aliphatic rings. The first-order chi connectivity index (χ1) is 4.22. The average Bonchev–Trinajstić information content (AvgIpc) is 1.82. The maximum atomic E-state index is 9.82. The highest BCUT2D eigenvalue weighted by molar-refractivity contribution is 8.01. The smallest absolute Gasteiger partial charge is 0.258 e. The number of thioether (sulfide) groups is 1. The van der Waals surface area contributed by atoms with E-state index in [9.17, 15) is 10.1 Å². The van der Waals surface area contributed by atoms with Gasteiger partial charge in [-0.15, -0.1) is 11.8 Å². The van der Waals surface area contributed by atoms with Crippen LogP contribution in [0.2, 0.25) is 0 Å². The van der Waals surface area contributed by atoms with Crippen molar-refractivity contribution >= 4 is 11.8 Å². The molecule has 0 fully saturated rings. The molecular weight excluding hydrogens is 140 g/mol. The van der Waals surface area contributed by atoms with E-state index in [1.165, 1.54) is 11.5 Å². The minimum absolute atomic E-state index is 0.414. The number of nitriles is 1. The lowest BCUT2D eigenvalue weighted by Crippen LogP contribution is -1.93. The second-order valence-electron chi connectivity index (χ2n) is 1.11. The van der Waals surface area contributed by atoms with Crippen molar-refractivity contribution in [1.29, 1.82) is 5.26 Å². The Morgan fingerprint density at radius 1 is 2.00 bits per heavy atom. The summed E-state index contributed by atoms with van der Waals surface area (Å²) >= 11 is 1.14. The lowest BCUT2D eigenvalue weighted by molar-refractivity contribution is -0.417. The second kappa shape index (κ2) is 3.92. The SMILES string of the molecule is CS/C=C(\C#N)[N+](=O)[O-]. The summed E-state index contributed by atoms with van der Waals surface area (Å²) in [6.07, 6.45) is 1.65. The summed E-state index contributed by atoms with van der Waals surface area (Å²) in [5, 5.41) is 19.1. The number of hydrogen-bond acceptors (Lipinski definition) is 4. The first kappa shape index (κ1) is 7.98. The van der Waals surface area contributed by atoms with E-state index >= 15 is 0 Å². The van der Waals surface area contributed by atoms with Gasteiger partial charge in [-0.1, -0.05) is 0 Å². The van der Waals surface area contributed by atoms with Crippen LogP contribution in [0.3, 0.4) is 0 Å². The summed E-state index contributed by atoms with van der Waals surface area (Å²) < 4.78 is 0. The molecular formula is C4H4N2O2S. The molecule has 0 radical (unpaired) electrons. The van der Waals surface area contributed by atoms with Crippen LogP contribution in [0.5, 0.6) is 0 Å². The lowest BCUT2D eigenvalue weighted by atomic mass is 10.6. The zero-order valence-electron chi connectivity index (χ0n) is 4.70. The van der Waals surface area contributed by atoms with Crippen molar-refractivity contribution < 1.29 is 4.92 Å². The number of nitrogens with zero attached hydrogens (tertiary/aromatic N) is 2. The van der Waals surface area contributed by atoms with Crippen LogP contribution in [0.15, 0.2) is 11.1 Å². The van der Waals surface area contributed by atoms with Crippen LogP contribution in [-0.2, 0) is 0 Å². The van der Waals surface area contributed by atoms with Crippen molar-refractivity contribution in [3.63, 3.8) is 0 Å². The third-order valence-electron chi connectivity index (χ3n) is 0.541. The molecule has 5 heteroatoms. The van der Waals surface area contributed by atoms with Crippen LogP contribution < -0.4 is 0 Å². The molecule has 0 aromatic rings. The zero-order chi connectivity index (χ0) is 7.28. The van der Waals surface area contributed by atoms with Gasteiger partial charge in [-0.05, 0) is 6.26 Å². The van der Waals surface area contributed by atoms with E-state index in [-0.39, 0.29) is 0 Å². The van der Waals surface area contributed by atoms with E-state index in [0.29, 0.717) is 0 Å². The maximum Gasteiger partial charge on any atom is 0.351 e. The molecule has 0 aliphatic carbocycles. The van der Waals surface area contributed by atoms with Gasteiger partial charge in [-0.2, -0.15) is 5.26 Å². The first-order valence-electron chi connectivity index (χ1n) is 1.99. The monoisotopic (exact) mass is 144 g/mol. The van der Waals surface area contributed by atoms with Gasteiger partial charge in [0.25, 0.3) is 0 Å². The van der Waals surface area contributed by atoms with E-state index in [1.54, 1.807) is 6.26 Å². The summed E-state index contributed by atoms with van der Waals surface area (Å²) in [6, 6.07) is 1.44. The van der Waals surface area contributed by atoms with Gasteiger partial charge in [-0.25, -0.2) is 0 Å². The van der Waals surface area contributed by atoms with E-state index in [1.807, 2.05) is 0 Å². The lowest BCUT2D eigenvalue weighted by Gasteiger charge is -1.81.